The van der Waals surface area contributed by atoms with Crippen molar-refractivity contribution < 1.29 is 13.9 Å². The molecule has 2 heterocycles. The molecule has 2 N–H and O–H groups in total. The number of hydrogen-bond acceptors (Lipinski definition) is 5. The number of aryl methyl sites for hydroxylation is 1. The highest BCUT2D eigenvalue weighted by Crippen LogP contribution is 2.29. The number of alkyl halides is 1. The SMILES string of the molecule is CN(C(=O)OC(C)(C)C)[C@@H]1CN(c2ccc3c(n2)CC[C@H](N)C3)C[C@@H]1CF. The molecule has 1 amide bonds. The van der Waals surface area contributed by atoms with E-state index in [1.165, 1.54) is 10.5 Å². The fraction of sp³-hybridized carbons (Fsp3) is 0.700. The van der Waals surface area contributed by atoms with Gasteiger partial charge in [-0.3, -0.25) is 4.39 Å². The van der Waals surface area contributed by atoms with Gasteiger partial charge in [-0.1, -0.05) is 6.07 Å². The summed E-state index contributed by atoms with van der Waals surface area (Å²) in [7, 11) is 1.69. The van der Waals surface area contributed by atoms with Gasteiger partial charge < -0.3 is 20.3 Å². The third-order valence-corrected chi connectivity index (χ3v) is 5.40. The summed E-state index contributed by atoms with van der Waals surface area (Å²) >= 11 is 0. The van der Waals surface area contributed by atoms with Crippen molar-refractivity contribution in [2.45, 2.75) is 57.7 Å². The van der Waals surface area contributed by atoms with Crippen molar-refractivity contribution >= 4 is 11.9 Å². The van der Waals surface area contributed by atoms with E-state index < -0.39 is 18.4 Å². The number of likely N-dealkylation sites (N-methyl/N-ethyl adjacent to an activating group) is 1. The zero-order valence-electron chi connectivity index (χ0n) is 16.7. The molecule has 1 aliphatic carbocycles. The van der Waals surface area contributed by atoms with Crippen LogP contribution < -0.4 is 10.6 Å². The van der Waals surface area contributed by atoms with Gasteiger partial charge in [-0.15, -0.1) is 0 Å². The first-order chi connectivity index (χ1) is 12.7. The molecule has 150 valence electrons. The van der Waals surface area contributed by atoms with Crippen LogP contribution in [-0.2, 0) is 17.6 Å². The first kappa shape index (κ1) is 19.9. The number of nitrogens with zero attached hydrogens (tertiary/aromatic N) is 3. The van der Waals surface area contributed by atoms with Crippen LogP contribution in [0.2, 0.25) is 0 Å². The van der Waals surface area contributed by atoms with E-state index in [1.54, 1.807) is 7.05 Å². The summed E-state index contributed by atoms with van der Waals surface area (Å²) in [6.07, 6.45) is 2.27. The Morgan fingerprint density at radius 2 is 2.15 bits per heavy atom. The number of hydrogen-bond donors (Lipinski definition) is 1. The molecule has 1 aromatic heterocycles. The Morgan fingerprint density at radius 3 is 2.81 bits per heavy atom. The average Bonchev–Trinajstić information content (AvgIpc) is 3.03. The van der Waals surface area contributed by atoms with Gasteiger partial charge in [-0.25, -0.2) is 9.78 Å². The van der Waals surface area contributed by atoms with Gasteiger partial charge in [0, 0.05) is 37.8 Å². The van der Waals surface area contributed by atoms with E-state index in [4.69, 9.17) is 15.5 Å². The van der Waals surface area contributed by atoms with Gasteiger partial charge in [0.1, 0.15) is 11.4 Å². The standard InChI is InChI=1S/C20H31FN4O2/c1-20(2,3)27-19(26)24(4)17-12-25(11-14(17)10-21)18-8-5-13-9-15(22)6-7-16(13)23-18/h5,8,14-15,17H,6-7,9-12,22H2,1-4H3/t14-,15-,17+/m0/s1. The van der Waals surface area contributed by atoms with Crippen molar-refractivity contribution in [3.8, 4) is 0 Å². The Hall–Kier alpha value is -1.89. The number of fused-ring (bicyclic) bond motifs is 1. The zero-order chi connectivity index (χ0) is 19.8. The molecule has 7 heteroatoms. The van der Waals surface area contributed by atoms with Gasteiger partial charge in [-0.2, -0.15) is 0 Å². The van der Waals surface area contributed by atoms with Gasteiger partial charge >= 0.3 is 6.09 Å². The van der Waals surface area contributed by atoms with Crippen molar-refractivity contribution in [2.75, 3.05) is 31.7 Å². The minimum absolute atomic E-state index is 0.208. The molecule has 1 aromatic rings. The third kappa shape index (κ3) is 4.51. The molecule has 6 nitrogen and oxygen atoms in total. The van der Waals surface area contributed by atoms with Crippen LogP contribution in [0.5, 0.6) is 0 Å². The molecule has 2 aliphatic rings. The fourth-order valence-corrected chi connectivity index (χ4v) is 3.90. The minimum Gasteiger partial charge on any atom is -0.444 e. The molecule has 0 unspecified atom stereocenters. The number of rotatable bonds is 3. The summed E-state index contributed by atoms with van der Waals surface area (Å²) in [5.41, 5.74) is 7.77. The van der Waals surface area contributed by atoms with E-state index in [2.05, 4.69) is 11.0 Å². The lowest BCUT2D eigenvalue weighted by Gasteiger charge is -2.30. The summed E-state index contributed by atoms with van der Waals surface area (Å²) < 4.78 is 19.1. The first-order valence-corrected chi connectivity index (χ1v) is 9.69. The van der Waals surface area contributed by atoms with E-state index in [0.29, 0.717) is 13.1 Å². The second-order valence-electron chi connectivity index (χ2n) is 8.76. The molecule has 0 bridgehead atoms. The van der Waals surface area contributed by atoms with Gasteiger partial charge in [0.2, 0.25) is 0 Å². The first-order valence-electron chi connectivity index (χ1n) is 9.69. The number of nitrogens with two attached hydrogens (primary N) is 1. The molecule has 1 aliphatic heterocycles. The molecular formula is C20H31FN4O2. The maximum absolute atomic E-state index is 13.7. The number of halogens is 1. The van der Waals surface area contributed by atoms with Crippen LogP contribution in [-0.4, -0.2) is 60.5 Å². The highest BCUT2D eigenvalue weighted by Gasteiger charge is 2.39. The quantitative estimate of drug-likeness (QED) is 0.875. The summed E-state index contributed by atoms with van der Waals surface area (Å²) in [6.45, 7) is 6.10. The van der Waals surface area contributed by atoms with Crippen molar-refractivity contribution in [1.29, 1.82) is 0 Å². The fourth-order valence-electron chi connectivity index (χ4n) is 3.90. The van der Waals surface area contributed by atoms with Gasteiger partial charge in [-0.05, 0) is 51.7 Å². The minimum atomic E-state index is -0.574. The van der Waals surface area contributed by atoms with E-state index in [1.807, 2.05) is 26.8 Å². The van der Waals surface area contributed by atoms with Crippen molar-refractivity contribution in [1.82, 2.24) is 9.88 Å². The van der Waals surface area contributed by atoms with Crippen LogP contribution >= 0.6 is 0 Å². The van der Waals surface area contributed by atoms with Gasteiger partial charge in [0.25, 0.3) is 0 Å². The second kappa shape index (κ2) is 7.62. The number of ether oxygens (including phenoxy) is 1. The lowest BCUT2D eigenvalue weighted by atomic mass is 9.92. The molecule has 1 fully saturated rings. The number of amides is 1. The van der Waals surface area contributed by atoms with Crippen LogP contribution in [0.15, 0.2) is 12.1 Å². The zero-order valence-corrected chi connectivity index (χ0v) is 16.7. The second-order valence-corrected chi connectivity index (χ2v) is 8.76. The summed E-state index contributed by atoms with van der Waals surface area (Å²) in [5, 5.41) is 0. The highest BCUT2D eigenvalue weighted by molar-refractivity contribution is 5.68. The summed E-state index contributed by atoms with van der Waals surface area (Å²) in [4.78, 5) is 20.8. The Balaban J connectivity index is 1.73. The molecule has 27 heavy (non-hydrogen) atoms. The van der Waals surface area contributed by atoms with Crippen LogP contribution in [0, 0.1) is 5.92 Å². The molecular weight excluding hydrogens is 347 g/mol. The Labute approximate surface area is 160 Å². The lowest BCUT2D eigenvalue weighted by molar-refractivity contribution is 0.0194. The molecule has 0 spiro atoms. The van der Waals surface area contributed by atoms with E-state index >= 15 is 0 Å². The van der Waals surface area contributed by atoms with E-state index in [0.717, 1.165) is 30.8 Å². The number of carbonyl (C=O) groups excluding carboxylic acids is 1. The van der Waals surface area contributed by atoms with Crippen LogP contribution in [0.1, 0.15) is 38.4 Å². The van der Waals surface area contributed by atoms with E-state index in [9.17, 15) is 9.18 Å². The molecule has 3 atom stereocenters. The van der Waals surface area contributed by atoms with Crippen LogP contribution in [0.4, 0.5) is 15.0 Å². The largest absolute Gasteiger partial charge is 0.444 e. The number of anilines is 1. The Kier molecular flexibility index (Phi) is 5.60. The number of pyridine rings is 1. The average molecular weight is 378 g/mol. The topological polar surface area (TPSA) is 71.7 Å². The smallest absolute Gasteiger partial charge is 0.410 e. The number of carbonyl (C=O) groups is 1. The van der Waals surface area contributed by atoms with Gasteiger partial charge in [0.05, 0.1) is 12.7 Å². The lowest BCUT2D eigenvalue weighted by Crippen LogP contribution is -2.45. The predicted octanol–water partition coefficient (Wildman–Crippen LogP) is 2.54. The Morgan fingerprint density at radius 1 is 1.41 bits per heavy atom. The maximum atomic E-state index is 13.7. The van der Waals surface area contributed by atoms with Gasteiger partial charge in [0.15, 0.2) is 0 Å². The Bertz CT molecular complexity index is 691. The predicted molar refractivity (Wildman–Crippen MR) is 104 cm³/mol. The number of aromatic nitrogens is 1. The van der Waals surface area contributed by atoms with E-state index in [-0.39, 0.29) is 18.0 Å². The molecule has 3 rings (SSSR count). The third-order valence-electron chi connectivity index (χ3n) is 5.40. The summed E-state index contributed by atoms with van der Waals surface area (Å²) in [5.74, 6) is 0.594. The molecule has 0 aromatic carbocycles. The molecule has 0 saturated carbocycles. The normalized spacial score (nSPS) is 25.3. The van der Waals surface area contributed by atoms with Crippen LogP contribution in [0.3, 0.4) is 0 Å². The van der Waals surface area contributed by atoms with Crippen molar-refractivity contribution in [3.63, 3.8) is 0 Å². The summed E-state index contributed by atoms with van der Waals surface area (Å²) in [6, 6.07) is 4.05. The molecule has 0 radical (unpaired) electrons. The monoisotopic (exact) mass is 378 g/mol. The van der Waals surface area contributed by atoms with Crippen LogP contribution in [0.25, 0.3) is 0 Å². The van der Waals surface area contributed by atoms with Crippen molar-refractivity contribution in [2.24, 2.45) is 11.7 Å². The van der Waals surface area contributed by atoms with Crippen molar-refractivity contribution in [3.05, 3.63) is 23.4 Å². The molecule has 1 saturated heterocycles. The highest BCUT2D eigenvalue weighted by atomic mass is 19.1. The maximum Gasteiger partial charge on any atom is 0.410 e.